The maximum absolute atomic E-state index is 11.8. The largest absolute Gasteiger partial charge is 0.461 e. The van der Waals surface area contributed by atoms with Crippen LogP contribution in [-0.2, 0) is 6.54 Å². The number of nitrogens with zero attached hydrogens (tertiary/aromatic N) is 1. The molecule has 4 heteroatoms. The molecule has 0 radical (unpaired) electrons. The van der Waals surface area contributed by atoms with E-state index in [0.29, 0.717) is 18.8 Å². The second kappa shape index (κ2) is 5.98. The number of likely N-dealkylation sites (N-methyl/N-ethyl adjacent to an activating group) is 1. The molecule has 0 aliphatic carbocycles. The van der Waals surface area contributed by atoms with Gasteiger partial charge in [0.2, 0.25) is 5.78 Å². The minimum absolute atomic E-state index is 0.00504. The van der Waals surface area contributed by atoms with E-state index < -0.39 is 0 Å². The molecule has 0 amide bonds. The van der Waals surface area contributed by atoms with Crippen molar-refractivity contribution < 1.29 is 9.21 Å². The molecule has 0 unspecified atom stereocenters. The maximum Gasteiger partial charge on any atom is 0.211 e. The molecule has 1 heterocycles. The third-order valence-corrected chi connectivity index (χ3v) is 3.38. The lowest BCUT2D eigenvalue weighted by Gasteiger charge is -2.16. The highest BCUT2D eigenvalue weighted by atomic mass is 79.9. The van der Waals surface area contributed by atoms with Crippen molar-refractivity contribution >= 4 is 21.7 Å². The fourth-order valence-electron chi connectivity index (χ4n) is 1.73. The summed E-state index contributed by atoms with van der Waals surface area (Å²) < 4.78 is 6.14. The molecule has 0 aliphatic heterocycles. The van der Waals surface area contributed by atoms with Gasteiger partial charge in [0, 0.05) is 11.0 Å². The Kier molecular flexibility index (Phi) is 4.33. The minimum Gasteiger partial charge on any atom is -0.461 e. The summed E-state index contributed by atoms with van der Waals surface area (Å²) in [5.74, 6) is 0.406. The second-order valence-electron chi connectivity index (χ2n) is 4.16. The Morgan fingerprint density at radius 1 is 1.28 bits per heavy atom. The molecule has 0 aliphatic rings. The van der Waals surface area contributed by atoms with E-state index >= 15 is 0 Å². The van der Waals surface area contributed by atoms with Crippen LogP contribution in [-0.4, -0.2) is 24.3 Å². The van der Waals surface area contributed by atoms with E-state index in [4.69, 9.17) is 4.42 Å². The van der Waals surface area contributed by atoms with Crippen molar-refractivity contribution in [2.75, 3.05) is 13.6 Å². The molecule has 1 aromatic heterocycles. The topological polar surface area (TPSA) is 33.5 Å². The third-order valence-electron chi connectivity index (χ3n) is 2.61. The van der Waals surface area contributed by atoms with Crippen LogP contribution in [0.25, 0.3) is 0 Å². The number of rotatable bonds is 5. The summed E-state index contributed by atoms with van der Waals surface area (Å²) in [7, 11) is 1.92. The van der Waals surface area contributed by atoms with Gasteiger partial charge in [0.1, 0.15) is 0 Å². The number of carbonyl (C=O) groups excluding carboxylic acids is 1. The number of furan rings is 1. The number of carbonyl (C=O) groups is 1. The van der Waals surface area contributed by atoms with Crippen LogP contribution < -0.4 is 0 Å². The first-order valence-corrected chi connectivity index (χ1v) is 6.45. The molecular weight excluding hydrogens is 294 g/mol. The Hall–Kier alpha value is -1.39. The molecule has 0 fully saturated rings. The average Bonchev–Trinajstić information content (AvgIpc) is 2.85. The summed E-state index contributed by atoms with van der Waals surface area (Å²) in [6.07, 6.45) is 1.51. The Bertz CT molecular complexity index is 522. The lowest BCUT2D eigenvalue weighted by molar-refractivity contribution is 0.0915. The van der Waals surface area contributed by atoms with Crippen LogP contribution in [0.15, 0.2) is 51.6 Å². The van der Waals surface area contributed by atoms with E-state index in [1.54, 1.807) is 12.1 Å². The number of hydrogen-bond acceptors (Lipinski definition) is 3. The molecular formula is C14H14BrNO2. The van der Waals surface area contributed by atoms with Crippen LogP contribution in [0.5, 0.6) is 0 Å². The Morgan fingerprint density at radius 3 is 2.72 bits per heavy atom. The van der Waals surface area contributed by atoms with Crippen molar-refractivity contribution in [1.82, 2.24) is 4.90 Å². The molecule has 0 bridgehead atoms. The first-order chi connectivity index (χ1) is 8.66. The van der Waals surface area contributed by atoms with Gasteiger partial charge in [-0.2, -0.15) is 0 Å². The standard InChI is InChI=1S/C14H14BrNO2/c1-16(9-11-5-2-3-6-12(11)15)10-13(17)14-7-4-8-18-14/h2-8H,9-10H2,1H3. The van der Waals surface area contributed by atoms with E-state index in [2.05, 4.69) is 15.9 Å². The van der Waals surface area contributed by atoms with Crippen molar-refractivity contribution in [3.8, 4) is 0 Å². The molecule has 0 atom stereocenters. The Labute approximate surface area is 115 Å². The van der Waals surface area contributed by atoms with Crippen LogP contribution in [0, 0.1) is 0 Å². The first-order valence-electron chi connectivity index (χ1n) is 5.65. The zero-order valence-corrected chi connectivity index (χ0v) is 11.7. The average molecular weight is 308 g/mol. The van der Waals surface area contributed by atoms with E-state index in [-0.39, 0.29) is 5.78 Å². The van der Waals surface area contributed by atoms with E-state index in [9.17, 15) is 4.79 Å². The normalized spacial score (nSPS) is 10.8. The van der Waals surface area contributed by atoms with Gasteiger partial charge in [-0.1, -0.05) is 34.1 Å². The van der Waals surface area contributed by atoms with E-state index in [1.807, 2.05) is 36.2 Å². The number of hydrogen-bond donors (Lipinski definition) is 0. The van der Waals surface area contributed by atoms with E-state index in [0.717, 1.165) is 10.0 Å². The summed E-state index contributed by atoms with van der Waals surface area (Å²) in [6, 6.07) is 11.4. The van der Waals surface area contributed by atoms with Crippen molar-refractivity contribution in [1.29, 1.82) is 0 Å². The van der Waals surface area contributed by atoms with Gasteiger partial charge in [0.25, 0.3) is 0 Å². The number of ketones is 1. The van der Waals surface area contributed by atoms with Crippen molar-refractivity contribution in [3.05, 3.63) is 58.5 Å². The van der Waals surface area contributed by atoms with Gasteiger partial charge in [-0.05, 0) is 30.8 Å². The highest BCUT2D eigenvalue weighted by Crippen LogP contribution is 2.17. The summed E-state index contributed by atoms with van der Waals surface area (Å²) in [6.45, 7) is 1.06. The quantitative estimate of drug-likeness (QED) is 0.794. The molecule has 3 nitrogen and oxygen atoms in total. The molecule has 0 saturated carbocycles. The van der Waals surface area contributed by atoms with Crippen LogP contribution >= 0.6 is 15.9 Å². The van der Waals surface area contributed by atoms with Crippen LogP contribution in [0.3, 0.4) is 0 Å². The Morgan fingerprint density at radius 2 is 2.06 bits per heavy atom. The molecule has 0 saturated heterocycles. The zero-order valence-electron chi connectivity index (χ0n) is 10.1. The maximum atomic E-state index is 11.8. The van der Waals surface area contributed by atoms with E-state index in [1.165, 1.54) is 6.26 Å². The lowest BCUT2D eigenvalue weighted by Crippen LogP contribution is -2.25. The van der Waals surface area contributed by atoms with Gasteiger partial charge in [-0.15, -0.1) is 0 Å². The molecule has 0 N–H and O–H groups in total. The highest BCUT2D eigenvalue weighted by Gasteiger charge is 2.12. The van der Waals surface area contributed by atoms with Crippen LogP contribution in [0.1, 0.15) is 16.1 Å². The molecule has 0 spiro atoms. The van der Waals surface area contributed by atoms with Gasteiger partial charge in [0.05, 0.1) is 12.8 Å². The smallest absolute Gasteiger partial charge is 0.211 e. The van der Waals surface area contributed by atoms with Gasteiger partial charge < -0.3 is 4.42 Å². The van der Waals surface area contributed by atoms with Gasteiger partial charge >= 0.3 is 0 Å². The molecule has 2 aromatic rings. The highest BCUT2D eigenvalue weighted by molar-refractivity contribution is 9.10. The summed E-state index contributed by atoms with van der Waals surface area (Å²) in [4.78, 5) is 13.8. The SMILES string of the molecule is CN(CC(=O)c1ccco1)Cc1ccccc1Br. The summed E-state index contributed by atoms with van der Waals surface area (Å²) in [5, 5.41) is 0. The molecule has 94 valence electrons. The fourth-order valence-corrected chi connectivity index (χ4v) is 2.14. The number of benzene rings is 1. The molecule has 1 aromatic carbocycles. The monoisotopic (exact) mass is 307 g/mol. The summed E-state index contributed by atoms with van der Waals surface area (Å²) >= 11 is 3.50. The molecule has 18 heavy (non-hydrogen) atoms. The predicted octanol–water partition coefficient (Wildman–Crippen LogP) is 3.36. The van der Waals surface area contributed by atoms with Crippen LogP contribution in [0.2, 0.25) is 0 Å². The van der Waals surface area contributed by atoms with Crippen molar-refractivity contribution in [3.63, 3.8) is 0 Å². The zero-order chi connectivity index (χ0) is 13.0. The number of Topliss-reactive ketones (excluding diaryl/α,β-unsaturated/α-hetero) is 1. The van der Waals surface area contributed by atoms with Crippen LogP contribution in [0.4, 0.5) is 0 Å². The Balaban J connectivity index is 1.95. The molecule has 2 rings (SSSR count). The number of halogens is 1. The van der Waals surface area contributed by atoms with Crippen molar-refractivity contribution in [2.24, 2.45) is 0 Å². The lowest BCUT2D eigenvalue weighted by atomic mass is 10.2. The predicted molar refractivity (Wildman–Crippen MR) is 73.5 cm³/mol. The van der Waals surface area contributed by atoms with Crippen molar-refractivity contribution in [2.45, 2.75) is 6.54 Å². The minimum atomic E-state index is -0.00504. The van der Waals surface area contributed by atoms with Gasteiger partial charge in [0.15, 0.2) is 5.76 Å². The first kappa shape index (κ1) is 13.1. The van der Waals surface area contributed by atoms with Gasteiger partial charge in [-0.25, -0.2) is 0 Å². The summed E-state index contributed by atoms with van der Waals surface area (Å²) in [5.41, 5.74) is 1.16. The third kappa shape index (κ3) is 3.31. The second-order valence-corrected chi connectivity index (χ2v) is 5.02. The fraction of sp³-hybridized carbons (Fsp3) is 0.214. The van der Waals surface area contributed by atoms with Gasteiger partial charge in [-0.3, -0.25) is 9.69 Å².